The van der Waals surface area contributed by atoms with Gasteiger partial charge in [0.2, 0.25) is 0 Å². The molecule has 5 nitrogen and oxygen atoms in total. The number of hydrogen-bond acceptors (Lipinski definition) is 5. The van der Waals surface area contributed by atoms with Crippen LogP contribution in [0, 0.1) is 0 Å². The molecule has 0 radical (unpaired) electrons. The molecule has 5 rings (SSSR count). The summed E-state index contributed by atoms with van der Waals surface area (Å²) in [5.74, 6) is 1.43. The molecule has 2 atom stereocenters. The summed E-state index contributed by atoms with van der Waals surface area (Å²) in [4.78, 5) is 28.6. The number of fused-ring (bicyclic) bond motifs is 2. The van der Waals surface area contributed by atoms with E-state index in [1.165, 1.54) is 10.5 Å². The summed E-state index contributed by atoms with van der Waals surface area (Å²) in [6.45, 7) is 2.15. The molecule has 3 aromatic carbocycles. The van der Waals surface area contributed by atoms with Crippen molar-refractivity contribution in [3.05, 3.63) is 95.6 Å². The Morgan fingerprint density at radius 2 is 1.50 bits per heavy atom. The monoisotopic (exact) mass is 501 g/mol. The minimum atomic E-state index is -0.322. The zero-order chi connectivity index (χ0) is 24.9. The third-order valence-electron chi connectivity index (χ3n) is 6.94. The summed E-state index contributed by atoms with van der Waals surface area (Å²) >= 11 is 1.80. The Kier molecular flexibility index (Phi) is 7.61. The van der Waals surface area contributed by atoms with Crippen LogP contribution in [0.3, 0.4) is 0 Å². The molecule has 1 amide bonds. The summed E-state index contributed by atoms with van der Waals surface area (Å²) < 4.78 is 11.3. The van der Waals surface area contributed by atoms with Crippen molar-refractivity contribution in [2.75, 3.05) is 6.61 Å². The van der Waals surface area contributed by atoms with Crippen LogP contribution in [0.2, 0.25) is 0 Å². The van der Waals surface area contributed by atoms with Gasteiger partial charge in [0, 0.05) is 41.1 Å². The Labute approximate surface area is 216 Å². The largest absolute Gasteiger partial charge is 0.490 e. The number of benzene rings is 3. The maximum Gasteiger partial charge on any atom is 0.338 e. The Balaban J connectivity index is 1.17. The van der Waals surface area contributed by atoms with Crippen molar-refractivity contribution in [1.82, 2.24) is 4.90 Å². The van der Waals surface area contributed by atoms with Crippen molar-refractivity contribution in [2.45, 2.75) is 61.4 Å². The molecule has 2 heterocycles. The van der Waals surface area contributed by atoms with Crippen LogP contribution >= 0.6 is 11.8 Å². The van der Waals surface area contributed by atoms with Crippen molar-refractivity contribution in [3.63, 3.8) is 0 Å². The fourth-order valence-electron chi connectivity index (χ4n) is 5.21. The Hall–Kier alpha value is -3.25. The highest BCUT2D eigenvalue weighted by molar-refractivity contribution is 7.98. The third kappa shape index (κ3) is 5.59. The second kappa shape index (κ2) is 11.2. The van der Waals surface area contributed by atoms with Crippen LogP contribution in [0.1, 0.15) is 58.9 Å². The molecule has 186 valence electrons. The van der Waals surface area contributed by atoms with Gasteiger partial charge in [0.05, 0.1) is 12.2 Å². The van der Waals surface area contributed by atoms with E-state index in [1.54, 1.807) is 30.8 Å². The van der Waals surface area contributed by atoms with Crippen LogP contribution in [0.25, 0.3) is 0 Å². The van der Waals surface area contributed by atoms with E-state index in [0.29, 0.717) is 12.2 Å². The number of nitrogens with zero attached hydrogens (tertiary/aromatic N) is 1. The number of carbonyl (C=O) groups is 2. The third-order valence-corrected chi connectivity index (χ3v) is 8.03. The second-order valence-electron chi connectivity index (χ2n) is 9.35. The van der Waals surface area contributed by atoms with Crippen molar-refractivity contribution >= 4 is 23.6 Å². The fraction of sp³-hybridized carbons (Fsp3) is 0.333. The summed E-state index contributed by atoms with van der Waals surface area (Å²) in [6.07, 6.45) is 3.76. The molecule has 0 saturated carbocycles. The first-order chi connectivity index (χ1) is 17.6. The lowest BCUT2D eigenvalue weighted by atomic mass is 9.98. The number of carbonyl (C=O) groups excluding carboxylic acids is 2. The molecule has 2 fully saturated rings. The first kappa shape index (κ1) is 24.4. The van der Waals surface area contributed by atoms with Gasteiger partial charge in [-0.25, -0.2) is 4.79 Å². The number of hydrogen-bond donors (Lipinski definition) is 0. The summed E-state index contributed by atoms with van der Waals surface area (Å²) in [6, 6.07) is 26.0. The highest BCUT2D eigenvalue weighted by Gasteiger charge is 2.44. The van der Waals surface area contributed by atoms with E-state index < -0.39 is 0 Å². The maximum absolute atomic E-state index is 13.4. The molecular weight excluding hydrogens is 470 g/mol. The standard InChI is InChI=1S/C30H31NO4S/c1-2-34-30(33)23-12-16-26(17-13-23)35-27-18-24-14-15-25(19-27)31(24)29(32)22-10-8-21(9-11-22)20-36-28-6-4-3-5-7-28/h3-13,16-17,24-25,27H,2,14-15,18-20H2,1H3. The molecule has 6 heteroatoms. The second-order valence-corrected chi connectivity index (χ2v) is 10.4. The molecule has 3 aromatic rings. The summed E-state index contributed by atoms with van der Waals surface area (Å²) in [7, 11) is 0. The topological polar surface area (TPSA) is 55.8 Å². The normalized spacial score (nSPS) is 20.7. The van der Waals surface area contributed by atoms with Crippen molar-refractivity contribution in [3.8, 4) is 5.75 Å². The fourth-order valence-corrected chi connectivity index (χ4v) is 6.08. The van der Waals surface area contributed by atoms with Crippen LogP contribution in [0.4, 0.5) is 0 Å². The average molecular weight is 502 g/mol. The van der Waals surface area contributed by atoms with E-state index in [-0.39, 0.29) is 30.1 Å². The van der Waals surface area contributed by atoms with Crippen LogP contribution in [-0.2, 0) is 10.5 Å². The van der Waals surface area contributed by atoms with Gasteiger partial charge in [-0.2, -0.15) is 0 Å². The molecule has 2 unspecified atom stereocenters. The molecule has 0 aromatic heterocycles. The lowest BCUT2D eigenvalue weighted by Gasteiger charge is -2.39. The smallest absolute Gasteiger partial charge is 0.338 e. The highest BCUT2D eigenvalue weighted by Crippen LogP contribution is 2.38. The van der Waals surface area contributed by atoms with Gasteiger partial charge >= 0.3 is 5.97 Å². The molecule has 2 aliphatic heterocycles. The van der Waals surface area contributed by atoms with Gasteiger partial charge in [0.1, 0.15) is 11.9 Å². The van der Waals surface area contributed by atoms with Gasteiger partial charge in [-0.05, 0) is 73.9 Å². The van der Waals surface area contributed by atoms with Crippen molar-refractivity contribution < 1.29 is 19.1 Å². The molecule has 2 aliphatic rings. The first-order valence-corrected chi connectivity index (χ1v) is 13.6. The number of esters is 1. The predicted octanol–water partition coefficient (Wildman–Crippen LogP) is 6.37. The van der Waals surface area contributed by atoms with Gasteiger partial charge < -0.3 is 14.4 Å². The molecule has 0 spiro atoms. The van der Waals surface area contributed by atoms with Crippen LogP contribution in [-0.4, -0.2) is 41.6 Å². The van der Waals surface area contributed by atoms with Crippen LogP contribution < -0.4 is 4.74 Å². The minimum Gasteiger partial charge on any atom is -0.490 e. The average Bonchev–Trinajstić information content (AvgIpc) is 3.18. The maximum atomic E-state index is 13.4. The lowest BCUT2D eigenvalue weighted by molar-refractivity contribution is 0.0359. The molecule has 36 heavy (non-hydrogen) atoms. The van der Waals surface area contributed by atoms with E-state index in [0.717, 1.165) is 42.7 Å². The Bertz CT molecular complexity index is 1170. The summed E-state index contributed by atoms with van der Waals surface area (Å²) in [5, 5.41) is 0. The molecule has 2 bridgehead atoms. The van der Waals surface area contributed by atoms with Gasteiger partial charge in [0.15, 0.2) is 0 Å². The van der Waals surface area contributed by atoms with E-state index in [1.807, 2.05) is 30.3 Å². The number of rotatable bonds is 8. The molecule has 2 saturated heterocycles. The number of ether oxygens (including phenoxy) is 2. The van der Waals surface area contributed by atoms with Crippen LogP contribution in [0.5, 0.6) is 5.75 Å². The number of piperidine rings is 1. The SMILES string of the molecule is CCOC(=O)c1ccc(OC2CC3CCC(C2)N3C(=O)c2ccc(CSc3ccccc3)cc2)cc1. The lowest BCUT2D eigenvalue weighted by Crippen LogP contribution is -2.49. The minimum absolute atomic E-state index is 0.0670. The van der Waals surface area contributed by atoms with E-state index in [2.05, 4.69) is 41.3 Å². The Morgan fingerprint density at radius 1 is 0.861 bits per heavy atom. The van der Waals surface area contributed by atoms with Gasteiger partial charge in [0.25, 0.3) is 5.91 Å². The highest BCUT2D eigenvalue weighted by atomic mass is 32.2. The van der Waals surface area contributed by atoms with Crippen LogP contribution in [0.15, 0.2) is 83.8 Å². The van der Waals surface area contributed by atoms with Gasteiger partial charge in [-0.15, -0.1) is 11.8 Å². The quantitative estimate of drug-likeness (QED) is 0.265. The zero-order valence-electron chi connectivity index (χ0n) is 20.5. The molecular formula is C30H31NO4S. The summed E-state index contributed by atoms with van der Waals surface area (Å²) in [5.41, 5.74) is 2.49. The number of amides is 1. The van der Waals surface area contributed by atoms with E-state index in [4.69, 9.17) is 9.47 Å². The predicted molar refractivity (Wildman–Crippen MR) is 141 cm³/mol. The molecule has 0 aliphatic carbocycles. The van der Waals surface area contributed by atoms with Gasteiger partial charge in [-0.3, -0.25) is 4.79 Å². The Morgan fingerprint density at radius 3 is 2.14 bits per heavy atom. The zero-order valence-corrected chi connectivity index (χ0v) is 21.3. The van der Waals surface area contributed by atoms with E-state index in [9.17, 15) is 9.59 Å². The molecule has 0 N–H and O–H groups in total. The van der Waals surface area contributed by atoms with Gasteiger partial charge in [-0.1, -0.05) is 30.3 Å². The first-order valence-electron chi connectivity index (χ1n) is 12.6. The van der Waals surface area contributed by atoms with Crippen molar-refractivity contribution in [2.24, 2.45) is 0 Å². The van der Waals surface area contributed by atoms with Crippen molar-refractivity contribution in [1.29, 1.82) is 0 Å². The number of thioether (sulfide) groups is 1. The van der Waals surface area contributed by atoms with E-state index >= 15 is 0 Å².